The van der Waals surface area contributed by atoms with Gasteiger partial charge in [0.1, 0.15) is 0 Å². The Labute approximate surface area is 105 Å². The zero-order valence-electron chi connectivity index (χ0n) is 10.5. The van der Waals surface area contributed by atoms with Crippen LogP contribution in [0.4, 0.5) is 8.78 Å². The Kier molecular flexibility index (Phi) is 5.22. The largest absolute Gasteiger partial charge is 0.481 e. The summed E-state index contributed by atoms with van der Waals surface area (Å²) in [5.74, 6) is -2.54. The summed E-state index contributed by atoms with van der Waals surface area (Å²) in [7, 11) is 1.82. The number of nitrogens with zero attached hydrogens (tertiary/aromatic N) is 1. The normalized spacial score (nSPS) is 12.7. The minimum Gasteiger partial charge on any atom is -0.481 e. The number of aliphatic carboxylic acids is 1. The molecule has 1 rings (SSSR count). The molecule has 18 heavy (non-hydrogen) atoms. The number of carboxylic acids is 1. The molecule has 1 atom stereocenters. The van der Waals surface area contributed by atoms with E-state index in [1.807, 2.05) is 18.9 Å². The molecule has 1 N–H and O–H groups in total. The van der Waals surface area contributed by atoms with Crippen LogP contribution in [-0.4, -0.2) is 29.6 Å². The quantitative estimate of drug-likeness (QED) is 0.851. The molecule has 0 amide bonds. The molecule has 100 valence electrons. The molecule has 0 heterocycles. The van der Waals surface area contributed by atoms with Crippen molar-refractivity contribution in [1.82, 2.24) is 4.90 Å². The minimum atomic E-state index is -0.862. The molecule has 0 radical (unpaired) electrons. The summed E-state index contributed by atoms with van der Waals surface area (Å²) in [6.45, 7) is 2.89. The molecular weight excluding hydrogens is 240 g/mol. The molecule has 5 heteroatoms. The summed E-state index contributed by atoms with van der Waals surface area (Å²) < 4.78 is 25.7. The van der Waals surface area contributed by atoms with Crippen molar-refractivity contribution in [3.05, 3.63) is 35.4 Å². The van der Waals surface area contributed by atoms with Crippen molar-refractivity contribution in [3.63, 3.8) is 0 Å². The number of hydrogen-bond donors (Lipinski definition) is 1. The Balaban J connectivity index is 2.51. The van der Waals surface area contributed by atoms with Crippen molar-refractivity contribution in [2.75, 3.05) is 13.6 Å². The average molecular weight is 257 g/mol. The second kappa shape index (κ2) is 6.44. The van der Waals surface area contributed by atoms with Crippen LogP contribution in [0.3, 0.4) is 0 Å². The second-order valence-corrected chi connectivity index (χ2v) is 4.65. The van der Waals surface area contributed by atoms with Crippen LogP contribution < -0.4 is 0 Å². The summed E-state index contributed by atoms with van der Waals surface area (Å²) in [6, 6.07) is 3.78. The van der Waals surface area contributed by atoms with E-state index < -0.39 is 17.6 Å². The van der Waals surface area contributed by atoms with E-state index in [1.165, 1.54) is 6.07 Å². The molecule has 0 saturated carbocycles. The van der Waals surface area contributed by atoms with Crippen LogP contribution in [0.1, 0.15) is 18.9 Å². The van der Waals surface area contributed by atoms with Gasteiger partial charge in [0.25, 0.3) is 0 Å². The van der Waals surface area contributed by atoms with Crippen LogP contribution in [0.2, 0.25) is 0 Å². The third-order valence-corrected chi connectivity index (χ3v) is 2.58. The van der Waals surface area contributed by atoms with E-state index in [-0.39, 0.29) is 12.3 Å². The smallest absolute Gasteiger partial charge is 0.303 e. The van der Waals surface area contributed by atoms with Gasteiger partial charge in [0, 0.05) is 19.5 Å². The molecule has 3 nitrogen and oxygen atoms in total. The first-order valence-corrected chi connectivity index (χ1v) is 5.72. The first kappa shape index (κ1) is 14.6. The van der Waals surface area contributed by atoms with E-state index in [0.717, 1.165) is 12.1 Å². The van der Waals surface area contributed by atoms with Gasteiger partial charge in [-0.25, -0.2) is 8.78 Å². The highest BCUT2D eigenvalue weighted by Gasteiger charge is 2.11. The number of benzene rings is 1. The predicted molar refractivity (Wildman–Crippen MR) is 64.1 cm³/mol. The van der Waals surface area contributed by atoms with E-state index in [1.54, 1.807) is 0 Å². The average Bonchev–Trinajstić information content (AvgIpc) is 2.21. The maximum absolute atomic E-state index is 13.0. The summed E-state index contributed by atoms with van der Waals surface area (Å²) in [4.78, 5) is 12.4. The fourth-order valence-electron chi connectivity index (χ4n) is 1.91. The van der Waals surface area contributed by atoms with Gasteiger partial charge in [-0.1, -0.05) is 13.0 Å². The first-order chi connectivity index (χ1) is 8.38. The van der Waals surface area contributed by atoms with E-state index in [4.69, 9.17) is 5.11 Å². The molecule has 0 bridgehead atoms. The highest BCUT2D eigenvalue weighted by atomic mass is 19.2. The van der Waals surface area contributed by atoms with Crippen LogP contribution in [0, 0.1) is 17.6 Å². The first-order valence-electron chi connectivity index (χ1n) is 5.72. The van der Waals surface area contributed by atoms with Crippen LogP contribution in [0.15, 0.2) is 18.2 Å². The number of halogens is 2. The lowest BCUT2D eigenvalue weighted by molar-refractivity contribution is -0.138. The fourth-order valence-corrected chi connectivity index (χ4v) is 1.91. The van der Waals surface area contributed by atoms with Gasteiger partial charge >= 0.3 is 5.97 Å². The van der Waals surface area contributed by atoms with Crippen molar-refractivity contribution >= 4 is 5.97 Å². The lowest BCUT2D eigenvalue weighted by atomic mass is 10.1. The maximum atomic E-state index is 13.0. The van der Waals surface area contributed by atoms with E-state index in [9.17, 15) is 13.6 Å². The predicted octanol–water partition coefficient (Wildman–Crippen LogP) is 2.51. The van der Waals surface area contributed by atoms with Crippen LogP contribution in [-0.2, 0) is 11.3 Å². The molecule has 0 spiro atoms. The summed E-state index contributed by atoms with van der Waals surface area (Å²) >= 11 is 0. The second-order valence-electron chi connectivity index (χ2n) is 4.65. The van der Waals surface area contributed by atoms with E-state index in [2.05, 4.69) is 0 Å². The van der Waals surface area contributed by atoms with Gasteiger partial charge in [-0.3, -0.25) is 4.79 Å². The van der Waals surface area contributed by atoms with Gasteiger partial charge in [0.05, 0.1) is 0 Å². The van der Waals surface area contributed by atoms with Crippen molar-refractivity contribution < 1.29 is 18.7 Å². The Bertz CT molecular complexity index is 423. The number of carbonyl (C=O) groups is 1. The third-order valence-electron chi connectivity index (χ3n) is 2.58. The summed E-state index contributed by atoms with van der Waals surface area (Å²) in [6.07, 6.45) is 0.0993. The van der Waals surface area contributed by atoms with Crippen LogP contribution in [0.5, 0.6) is 0 Å². The van der Waals surface area contributed by atoms with Crippen molar-refractivity contribution in [2.24, 2.45) is 5.92 Å². The van der Waals surface area contributed by atoms with Crippen LogP contribution in [0.25, 0.3) is 0 Å². The Hall–Kier alpha value is -1.49. The molecule has 1 unspecified atom stereocenters. The SMILES string of the molecule is CC(CC(=O)O)CN(C)Cc1ccc(F)c(F)c1. The summed E-state index contributed by atoms with van der Waals surface area (Å²) in [5, 5.41) is 8.64. The van der Waals surface area contributed by atoms with Gasteiger partial charge in [-0.05, 0) is 30.7 Å². The highest BCUT2D eigenvalue weighted by molar-refractivity contribution is 5.66. The molecular formula is C13H17F2NO2. The lowest BCUT2D eigenvalue weighted by Crippen LogP contribution is -2.25. The van der Waals surface area contributed by atoms with E-state index >= 15 is 0 Å². The van der Waals surface area contributed by atoms with Gasteiger partial charge in [0.2, 0.25) is 0 Å². The lowest BCUT2D eigenvalue weighted by Gasteiger charge is -2.20. The van der Waals surface area contributed by atoms with Gasteiger partial charge in [-0.2, -0.15) is 0 Å². The molecule has 1 aromatic carbocycles. The molecule has 0 aliphatic heterocycles. The third kappa shape index (κ3) is 4.79. The molecule has 0 saturated heterocycles. The zero-order valence-corrected chi connectivity index (χ0v) is 10.5. The minimum absolute atomic E-state index is 0.0118. The topological polar surface area (TPSA) is 40.5 Å². The van der Waals surface area contributed by atoms with Crippen molar-refractivity contribution in [1.29, 1.82) is 0 Å². The monoisotopic (exact) mass is 257 g/mol. The number of rotatable bonds is 6. The molecule has 0 aliphatic carbocycles. The maximum Gasteiger partial charge on any atom is 0.303 e. The van der Waals surface area contributed by atoms with Crippen LogP contribution >= 0.6 is 0 Å². The summed E-state index contributed by atoms with van der Waals surface area (Å²) in [5.41, 5.74) is 0.666. The fraction of sp³-hybridized carbons (Fsp3) is 0.462. The van der Waals surface area contributed by atoms with Crippen molar-refractivity contribution in [2.45, 2.75) is 19.9 Å². The molecule has 0 aromatic heterocycles. The zero-order chi connectivity index (χ0) is 13.7. The Morgan fingerprint density at radius 2 is 2.06 bits per heavy atom. The molecule has 0 aliphatic rings. The number of hydrogen-bond acceptors (Lipinski definition) is 2. The van der Waals surface area contributed by atoms with Crippen molar-refractivity contribution in [3.8, 4) is 0 Å². The Morgan fingerprint density at radius 3 is 2.61 bits per heavy atom. The molecule has 1 aromatic rings. The van der Waals surface area contributed by atoms with Gasteiger partial charge < -0.3 is 10.0 Å². The van der Waals surface area contributed by atoms with E-state index in [0.29, 0.717) is 18.7 Å². The van der Waals surface area contributed by atoms with Gasteiger partial charge in [0.15, 0.2) is 11.6 Å². The molecule has 0 fully saturated rings. The Morgan fingerprint density at radius 1 is 1.39 bits per heavy atom. The number of carboxylic acid groups (broad SMARTS) is 1. The standard InChI is InChI=1S/C13H17F2NO2/c1-9(5-13(17)18)7-16(2)8-10-3-4-11(14)12(15)6-10/h3-4,6,9H,5,7-8H2,1-2H3,(H,17,18). The van der Waals surface area contributed by atoms with Gasteiger partial charge in [-0.15, -0.1) is 0 Å². The highest BCUT2D eigenvalue weighted by Crippen LogP contribution is 2.12.